The summed E-state index contributed by atoms with van der Waals surface area (Å²) in [5.74, 6) is 1.15. The highest BCUT2D eigenvalue weighted by Crippen LogP contribution is 2.31. The molecule has 0 radical (unpaired) electrons. The van der Waals surface area contributed by atoms with Crippen LogP contribution in [0, 0.1) is 5.82 Å². The predicted octanol–water partition coefficient (Wildman–Crippen LogP) is 3.55. The minimum Gasteiger partial charge on any atom is -0.490 e. The molecule has 1 atom stereocenters. The van der Waals surface area contributed by atoms with Crippen molar-refractivity contribution in [1.29, 1.82) is 0 Å². The average Bonchev–Trinajstić information content (AvgIpc) is 3.03. The summed E-state index contributed by atoms with van der Waals surface area (Å²) in [6.07, 6.45) is 1.81. The number of fused-ring (bicyclic) bond motifs is 1. The van der Waals surface area contributed by atoms with E-state index in [9.17, 15) is 9.18 Å². The van der Waals surface area contributed by atoms with Crippen molar-refractivity contribution in [3.05, 3.63) is 53.3 Å². The average molecular weight is 442 g/mol. The highest BCUT2D eigenvalue weighted by atomic mass is 19.1. The fraction of sp³-hybridized carbons (Fsp3) is 0.480. The largest absolute Gasteiger partial charge is 0.490 e. The maximum absolute atomic E-state index is 14.0. The Morgan fingerprint density at radius 2 is 1.81 bits per heavy atom. The normalized spacial score (nSPS) is 17.5. The molecule has 1 amide bonds. The summed E-state index contributed by atoms with van der Waals surface area (Å²) in [7, 11) is 2.11. The molecule has 2 aromatic rings. The van der Waals surface area contributed by atoms with Crippen molar-refractivity contribution >= 4 is 11.6 Å². The molecule has 2 heterocycles. The molecular formula is C25H32FN3O3. The molecule has 2 aromatic carbocycles. The number of ether oxygens (including phenoxy) is 2. The lowest BCUT2D eigenvalue weighted by atomic mass is 10.0. The van der Waals surface area contributed by atoms with E-state index in [1.807, 2.05) is 31.2 Å². The van der Waals surface area contributed by atoms with E-state index < -0.39 is 0 Å². The minimum absolute atomic E-state index is 0.0572. The Morgan fingerprint density at radius 3 is 2.59 bits per heavy atom. The number of carbonyl (C=O) groups is 1. The number of hydrogen-bond acceptors (Lipinski definition) is 5. The van der Waals surface area contributed by atoms with Crippen molar-refractivity contribution in [3.8, 4) is 11.5 Å². The predicted molar refractivity (Wildman–Crippen MR) is 123 cm³/mol. The van der Waals surface area contributed by atoms with Crippen LogP contribution in [0.2, 0.25) is 0 Å². The van der Waals surface area contributed by atoms with Crippen LogP contribution in [-0.2, 0) is 11.2 Å². The van der Waals surface area contributed by atoms with Crippen molar-refractivity contribution in [2.45, 2.75) is 32.2 Å². The van der Waals surface area contributed by atoms with Crippen LogP contribution >= 0.6 is 0 Å². The molecule has 0 bridgehead atoms. The molecule has 1 unspecified atom stereocenters. The molecule has 1 N–H and O–H groups in total. The number of anilines is 1. The topological polar surface area (TPSA) is 54.0 Å². The third kappa shape index (κ3) is 5.51. The fourth-order valence-corrected chi connectivity index (χ4v) is 4.22. The van der Waals surface area contributed by atoms with Crippen molar-refractivity contribution in [2.75, 3.05) is 51.3 Å². The molecule has 172 valence electrons. The van der Waals surface area contributed by atoms with Gasteiger partial charge >= 0.3 is 0 Å². The van der Waals surface area contributed by atoms with Gasteiger partial charge in [-0.05, 0) is 56.3 Å². The van der Waals surface area contributed by atoms with Gasteiger partial charge in [-0.3, -0.25) is 4.79 Å². The molecule has 4 rings (SSSR count). The van der Waals surface area contributed by atoms with E-state index in [1.54, 1.807) is 6.07 Å². The fourth-order valence-electron chi connectivity index (χ4n) is 4.22. The quantitative estimate of drug-likeness (QED) is 0.743. The van der Waals surface area contributed by atoms with E-state index in [-0.39, 0.29) is 17.8 Å². The second-order valence-corrected chi connectivity index (χ2v) is 8.61. The first-order chi connectivity index (χ1) is 15.5. The molecule has 0 spiro atoms. The zero-order valence-corrected chi connectivity index (χ0v) is 18.9. The number of aryl methyl sites for hydroxylation is 1. The molecule has 1 fully saturated rings. The van der Waals surface area contributed by atoms with Crippen LogP contribution in [0.15, 0.2) is 36.4 Å². The Kier molecular flexibility index (Phi) is 7.15. The summed E-state index contributed by atoms with van der Waals surface area (Å²) >= 11 is 0. The Hall–Kier alpha value is -2.80. The summed E-state index contributed by atoms with van der Waals surface area (Å²) in [6, 6.07) is 10.4. The summed E-state index contributed by atoms with van der Waals surface area (Å²) in [4.78, 5) is 17.2. The second-order valence-electron chi connectivity index (χ2n) is 8.61. The van der Waals surface area contributed by atoms with Crippen LogP contribution in [0.25, 0.3) is 0 Å². The van der Waals surface area contributed by atoms with Gasteiger partial charge in [0.25, 0.3) is 0 Å². The Bertz CT molecular complexity index is 944. The number of nitrogens with zero attached hydrogens (tertiary/aromatic N) is 2. The molecule has 7 heteroatoms. The van der Waals surface area contributed by atoms with Gasteiger partial charge in [-0.25, -0.2) is 4.39 Å². The molecule has 0 aliphatic carbocycles. The number of benzene rings is 2. The lowest BCUT2D eigenvalue weighted by Crippen LogP contribution is -2.45. The number of rotatable bonds is 6. The van der Waals surface area contributed by atoms with E-state index in [0.29, 0.717) is 26.1 Å². The molecule has 32 heavy (non-hydrogen) atoms. The molecular weight excluding hydrogens is 409 g/mol. The number of carbonyl (C=O) groups excluding carboxylic acids is 1. The number of hydrogen-bond donors (Lipinski definition) is 1. The van der Waals surface area contributed by atoms with Crippen LogP contribution in [0.1, 0.15) is 36.9 Å². The van der Waals surface area contributed by atoms with E-state index in [4.69, 9.17) is 9.47 Å². The summed E-state index contributed by atoms with van der Waals surface area (Å²) in [6.45, 7) is 6.92. The first kappa shape index (κ1) is 22.4. The summed E-state index contributed by atoms with van der Waals surface area (Å²) in [5.41, 5.74) is 2.84. The monoisotopic (exact) mass is 441 g/mol. The Morgan fingerprint density at radius 1 is 1.06 bits per heavy atom. The maximum Gasteiger partial charge on any atom is 0.220 e. The molecule has 6 nitrogen and oxygen atoms in total. The molecule has 0 saturated carbocycles. The van der Waals surface area contributed by atoms with Gasteiger partial charge in [0.15, 0.2) is 11.5 Å². The third-order valence-electron chi connectivity index (χ3n) is 6.13. The van der Waals surface area contributed by atoms with Gasteiger partial charge in [0, 0.05) is 50.3 Å². The highest BCUT2D eigenvalue weighted by molar-refractivity contribution is 5.77. The van der Waals surface area contributed by atoms with Gasteiger partial charge in [-0.1, -0.05) is 6.07 Å². The molecule has 2 aliphatic rings. The summed E-state index contributed by atoms with van der Waals surface area (Å²) in [5, 5.41) is 3.06. The van der Waals surface area contributed by atoms with E-state index in [2.05, 4.69) is 22.2 Å². The van der Waals surface area contributed by atoms with E-state index in [0.717, 1.165) is 60.9 Å². The van der Waals surface area contributed by atoms with Crippen LogP contribution in [0.4, 0.5) is 10.1 Å². The number of nitrogens with one attached hydrogen (secondary N) is 1. The maximum atomic E-state index is 14.0. The lowest BCUT2D eigenvalue weighted by Gasteiger charge is -2.36. The Balaban J connectivity index is 1.38. The number of piperazine rings is 1. The first-order valence-electron chi connectivity index (χ1n) is 11.4. The third-order valence-corrected chi connectivity index (χ3v) is 6.13. The van der Waals surface area contributed by atoms with Gasteiger partial charge in [0.2, 0.25) is 5.91 Å². The zero-order chi connectivity index (χ0) is 22.5. The van der Waals surface area contributed by atoms with Gasteiger partial charge in [0.1, 0.15) is 5.82 Å². The van der Waals surface area contributed by atoms with Gasteiger partial charge in [-0.2, -0.15) is 0 Å². The molecule has 0 aromatic heterocycles. The van der Waals surface area contributed by atoms with Crippen molar-refractivity contribution in [2.24, 2.45) is 0 Å². The summed E-state index contributed by atoms with van der Waals surface area (Å²) < 4.78 is 25.5. The SMILES string of the molecule is CC(NC(=O)CCc1ccc2c(c1)OCCCO2)c1cc(F)ccc1N1CCN(C)CC1. The lowest BCUT2D eigenvalue weighted by molar-refractivity contribution is -0.121. The van der Waals surface area contributed by atoms with Crippen molar-refractivity contribution in [1.82, 2.24) is 10.2 Å². The first-order valence-corrected chi connectivity index (χ1v) is 11.4. The molecule has 1 saturated heterocycles. The number of likely N-dealkylation sites (N-methyl/N-ethyl adjacent to an activating group) is 1. The van der Waals surface area contributed by atoms with E-state index >= 15 is 0 Å². The van der Waals surface area contributed by atoms with Gasteiger partial charge in [-0.15, -0.1) is 0 Å². The van der Waals surface area contributed by atoms with Crippen molar-refractivity contribution < 1.29 is 18.7 Å². The molecule has 2 aliphatic heterocycles. The van der Waals surface area contributed by atoms with E-state index in [1.165, 1.54) is 6.07 Å². The smallest absolute Gasteiger partial charge is 0.220 e. The zero-order valence-electron chi connectivity index (χ0n) is 18.9. The van der Waals surface area contributed by atoms with Crippen LogP contribution in [-0.4, -0.2) is 57.2 Å². The second kappa shape index (κ2) is 10.2. The Labute approximate surface area is 189 Å². The number of halogens is 1. The minimum atomic E-state index is -0.286. The van der Waals surface area contributed by atoms with Crippen LogP contribution in [0.5, 0.6) is 11.5 Å². The number of amides is 1. The van der Waals surface area contributed by atoms with Gasteiger partial charge < -0.3 is 24.6 Å². The van der Waals surface area contributed by atoms with Gasteiger partial charge in [0.05, 0.1) is 19.3 Å². The van der Waals surface area contributed by atoms with Crippen LogP contribution < -0.4 is 19.7 Å². The standard InChI is InChI=1S/C25H32FN3O3/c1-18(21-17-20(26)6-7-22(21)29-12-10-28(2)11-13-29)27-25(30)9-5-19-4-8-23-24(16-19)32-15-3-14-31-23/h4,6-8,16-18H,3,5,9-15H2,1-2H3,(H,27,30). The van der Waals surface area contributed by atoms with Crippen LogP contribution in [0.3, 0.4) is 0 Å². The van der Waals surface area contributed by atoms with Crippen molar-refractivity contribution in [3.63, 3.8) is 0 Å². The highest BCUT2D eigenvalue weighted by Gasteiger charge is 2.21.